The van der Waals surface area contributed by atoms with Gasteiger partial charge in [0, 0.05) is 5.92 Å². The van der Waals surface area contributed by atoms with E-state index in [0.717, 1.165) is 15.2 Å². The van der Waals surface area contributed by atoms with Crippen molar-refractivity contribution in [3.05, 3.63) is 22.7 Å². The molecule has 2 rings (SSSR count). The van der Waals surface area contributed by atoms with Gasteiger partial charge in [-0.1, -0.05) is 27.7 Å². The first-order valence-electron chi connectivity index (χ1n) is 5.62. The number of rotatable bonds is 2. The summed E-state index contributed by atoms with van der Waals surface area (Å²) >= 11 is 1.68. The van der Waals surface area contributed by atoms with E-state index in [9.17, 15) is 5.11 Å². The van der Waals surface area contributed by atoms with Gasteiger partial charge in [0.25, 0.3) is 0 Å². The normalized spacial score (nSPS) is 11.9. The van der Waals surface area contributed by atoms with E-state index in [1.807, 2.05) is 6.07 Å². The molecule has 0 aliphatic carbocycles. The lowest BCUT2D eigenvalue weighted by molar-refractivity contribution is 0.479. The summed E-state index contributed by atoms with van der Waals surface area (Å²) in [6.45, 7) is 8.51. The Morgan fingerprint density at radius 2 is 1.81 bits per heavy atom. The lowest BCUT2D eigenvalue weighted by atomic mass is 10.0. The van der Waals surface area contributed by atoms with Crippen molar-refractivity contribution in [1.29, 1.82) is 0 Å². The van der Waals surface area contributed by atoms with Crippen LogP contribution >= 0.6 is 11.3 Å². The van der Waals surface area contributed by atoms with Crippen molar-refractivity contribution in [2.24, 2.45) is 0 Å². The highest BCUT2D eigenvalue weighted by Crippen LogP contribution is 2.35. The van der Waals surface area contributed by atoms with Gasteiger partial charge in [-0.3, -0.25) is 0 Å². The topological polar surface area (TPSA) is 33.1 Å². The standard InChI is InChI=1S/C13H17NOS/c1-7(2)9-5-10(15)12-11(6-9)16-13(14-12)8(3)4/h5-8,15H,1-4H3. The van der Waals surface area contributed by atoms with Crippen molar-refractivity contribution in [3.8, 4) is 5.75 Å². The van der Waals surface area contributed by atoms with Gasteiger partial charge in [-0.05, 0) is 23.6 Å². The second-order valence-electron chi connectivity index (χ2n) is 4.75. The van der Waals surface area contributed by atoms with E-state index in [-0.39, 0.29) is 0 Å². The molecule has 0 radical (unpaired) electrons. The third kappa shape index (κ3) is 1.92. The quantitative estimate of drug-likeness (QED) is 0.844. The van der Waals surface area contributed by atoms with Crippen molar-refractivity contribution in [2.75, 3.05) is 0 Å². The molecule has 1 aromatic heterocycles. The summed E-state index contributed by atoms with van der Waals surface area (Å²) in [4.78, 5) is 4.48. The maximum absolute atomic E-state index is 9.94. The molecule has 0 amide bonds. The van der Waals surface area contributed by atoms with E-state index in [0.29, 0.717) is 17.6 Å². The number of fused-ring (bicyclic) bond motifs is 1. The van der Waals surface area contributed by atoms with Gasteiger partial charge in [0.1, 0.15) is 11.3 Å². The van der Waals surface area contributed by atoms with E-state index in [1.165, 1.54) is 5.56 Å². The van der Waals surface area contributed by atoms with Gasteiger partial charge in [-0.2, -0.15) is 0 Å². The summed E-state index contributed by atoms with van der Waals surface area (Å²) in [6, 6.07) is 3.97. The van der Waals surface area contributed by atoms with Crippen LogP contribution in [0.4, 0.5) is 0 Å². The Morgan fingerprint density at radius 3 is 2.38 bits per heavy atom. The number of aromatic nitrogens is 1. The summed E-state index contributed by atoms with van der Waals surface area (Å²) < 4.78 is 1.09. The number of benzene rings is 1. The highest BCUT2D eigenvalue weighted by atomic mass is 32.1. The molecule has 3 heteroatoms. The number of hydrogen-bond acceptors (Lipinski definition) is 3. The molecule has 2 aromatic rings. The van der Waals surface area contributed by atoms with Crippen LogP contribution in [0.5, 0.6) is 5.75 Å². The molecular formula is C13H17NOS. The van der Waals surface area contributed by atoms with Crippen molar-refractivity contribution in [3.63, 3.8) is 0 Å². The summed E-state index contributed by atoms with van der Waals surface area (Å²) in [5.74, 6) is 1.16. The zero-order valence-corrected chi connectivity index (χ0v) is 10.9. The lowest BCUT2D eigenvalue weighted by Gasteiger charge is -2.05. The number of phenolic OH excluding ortho intramolecular Hbond substituents is 1. The summed E-state index contributed by atoms with van der Waals surface area (Å²) in [5.41, 5.74) is 1.92. The average molecular weight is 235 g/mol. The first-order valence-corrected chi connectivity index (χ1v) is 6.44. The highest BCUT2D eigenvalue weighted by Gasteiger charge is 2.12. The molecule has 0 fully saturated rings. The van der Waals surface area contributed by atoms with Crippen molar-refractivity contribution in [2.45, 2.75) is 39.5 Å². The maximum atomic E-state index is 9.94. The van der Waals surface area contributed by atoms with Crippen LogP contribution in [0.1, 0.15) is 50.1 Å². The van der Waals surface area contributed by atoms with Crippen LogP contribution in [0, 0.1) is 0 Å². The van der Waals surface area contributed by atoms with Crippen molar-refractivity contribution in [1.82, 2.24) is 4.98 Å². The van der Waals surface area contributed by atoms with Crippen LogP contribution in [-0.4, -0.2) is 10.1 Å². The molecular weight excluding hydrogens is 218 g/mol. The first-order chi connectivity index (χ1) is 7.49. The zero-order valence-electron chi connectivity index (χ0n) is 10.1. The van der Waals surface area contributed by atoms with Crippen LogP contribution in [0.15, 0.2) is 12.1 Å². The highest BCUT2D eigenvalue weighted by molar-refractivity contribution is 7.18. The first kappa shape index (κ1) is 11.4. The summed E-state index contributed by atoms with van der Waals surface area (Å²) in [7, 11) is 0. The van der Waals surface area contributed by atoms with Gasteiger partial charge in [-0.15, -0.1) is 11.3 Å². The van der Waals surface area contributed by atoms with Gasteiger partial charge in [0.2, 0.25) is 0 Å². The molecule has 86 valence electrons. The van der Waals surface area contributed by atoms with Gasteiger partial charge < -0.3 is 5.11 Å². The smallest absolute Gasteiger partial charge is 0.142 e. The van der Waals surface area contributed by atoms with E-state index in [2.05, 4.69) is 38.7 Å². The van der Waals surface area contributed by atoms with E-state index < -0.39 is 0 Å². The number of nitrogens with zero attached hydrogens (tertiary/aromatic N) is 1. The molecule has 0 bridgehead atoms. The van der Waals surface area contributed by atoms with E-state index in [1.54, 1.807) is 11.3 Å². The molecule has 0 unspecified atom stereocenters. The molecule has 0 aliphatic rings. The fourth-order valence-electron chi connectivity index (χ4n) is 1.63. The third-order valence-electron chi connectivity index (χ3n) is 2.67. The Balaban J connectivity index is 2.63. The van der Waals surface area contributed by atoms with Crippen molar-refractivity contribution >= 4 is 21.6 Å². The predicted molar refractivity (Wildman–Crippen MR) is 69.5 cm³/mol. The number of phenols is 1. The molecule has 0 atom stereocenters. The van der Waals surface area contributed by atoms with Gasteiger partial charge >= 0.3 is 0 Å². The molecule has 16 heavy (non-hydrogen) atoms. The van der Waals surface area contributed by atoms with Crippen LogP contribution in [0.2, 0.25) is 0 Å². The van der Waals surface area contributed by atoms with Gasteiger partial charge in [0.15, 0.2) is 0 Å². The molecule has 0 saturated heterocycles. The minimum atomic E-state index is 0.310. The molecule has 0 spiro atoms. The Morgan fingerprint density at radius 1 is 1.12 bits per heavy atom. The minimum absolute atomic E-state index is 0.310. The minimum Gasteiger partial charge on any atom is -0.506 e. The van der Waals surface area contributed by atoms with Gasteiger partial charge in [-0.25, -0.2) is 4.98 Å². The molecule has 2 nitrogen and oxygen atoms in total. The van der Waals surface area contributed by atoms with Crippen LogP contribution in [0.25, 0.3) is 10.2 Å². The third-order valence-corrected chi connectivity index (χ3v) is 3.98. The second kappa shape index (κ2) is 4.06. The lowest BCUT2D eigenvalue weighted by Crippen LogP contribution is -1.86. The van der Waals surface area contributed by atoms with Crippen LogP contribution in [-0.2, 0) is 0 Å². The molecule has 1 aromatic carbocycles. The Kier molecular flexibility index (Phi) is 2.89. The largest absolute Gasteiger partial charge is 0.506 e. The maximum Gasteiger partial charge on any atom is 0.142 e. The Hall–Kier alpha value is -1.09. The fourth-order valence-corrected chi connectivity index (χ4v) is 2.67. The molecule has 1 N–H and O–H groups in total. The van der Waals surface area contributed by atoms with Crippen LogP contribution < -0.4 is 0 Å². The number of hydrogen-bond donors (Lipinski definition) is 1. The van der Waals surface area contributed by atoms with Crippen LogP contribution in [0.3, 0.4) is 0 Å². The summed E-state index contributed by atoms with van der Waals surface area (Å²) in [6.07, 6.45) is 0. The second-order valence-corrected chi connectivity index (χ2v) is 5.81. The van der Waals surface area contributed by atoms with Crippen molar-refractivity contribution < 1.29 is 5.11 Å². The van der Waals surface area contributed by atoms with E-state index in [4.69, 9.17) is 0 Å². The average Bonchev–Trinajstić information content (AvgIpc) is 2.61. The molecule has 1 heterocycles. The fraction of sp³-hybridized carbons (Fsp3) is 0.462. The number of aromatic hydroxyl groups is 1. The SMILES string of the molecule is CC(C)c1cc(O)c2nc(C(C)C)sc2c1. The zero-order chi connectivity index (χ0) is 11.9. The predicted octanol–water partition coefficient (Wildman–Crippen LogP) is 4.25. The molecule has 0 aliphatic heterocycles. The monoisotopic (exact) mass is 235 g/mol. The van der Waals surface area contributed by atoms with E-state index >= 15 is 0 Å². The Labute approximate surface area is 100.0 Å². The molecule has 0 saturated carbocycles. The summed E-state index contributed by atoms with van der Waals surface area (Å²) in [5, 5.41) is 11.0. The Bertz CT molecular complexity index is 514. The number of thiazole rings is 1. The van der Waals surface area contributed by atoms with Gasteiger partial charge in [0.05, 0.1) is 9.71 Å².